The minimum absolute atomic E-state index is 0.181. The molecule has 28 heavy (non-hydrogen) atoms. The Morgan fingerprint density at radius 1 is 1.11 bits per heavy atom. The number of carbonyl (C=O) groups excluding carboxylic acids is 2. The Morgan fingerprint density at radius 2 is 1.86 bits per heavy atom. The second kappa shape index (κ2) is 9.01. The van der Waals surface area contributed by atoms with Crippen molar-refractivity contribution in [2.45, 2.75) is 6.54 Å². The molecule has 0 saturated carbocycles. The molecule has 144 valence electrons. The first-order valence-electron chi connectivity index (χ1n) is 9.01. The van der Waals surface area contributed by atoms with Gasteiger partial charge in [0, 0.05) is 48.5 Å². The highest BCUT2D eigenvalue weighted by molar-refractivity contribution is 6.13. The quantitative estimate of drug-likeness (QED) is 0.591. The summed E-state index contributed by atoms with van der Waals surface area (Å²) in [6.45, 7) is 5.21. The summed E-state index contributed by atoms with van der Waals surface area (Å²) in [7, 11) is 1.65. The summed E-state index contributed by atoms with van der Waals surface area (Å²) in [6, 6.07) is 14.6. The lowest BCUT2D eigenvalue weighted by atomic mass is 10.1. The number of amides is 2. The van der Waals surface area contributed by atoms with Crippen molar-refractivity contribution in [1.29, 1.82) is 0 Å². The van der Waals surface area contributed by atoms with Crippen LogP contribution in [0.3, 0.4) is 0 Å². The number of hydrogen-bond acceptors (Lipinski definition) is 3. The Kier molecular flexibility index (Phi) is 6.24. The Morgan fingerprint density at radius 3 is 2.57 bits per heavy atom. The van der Waals surface area contributed by atoms with Crippen molar-refractivity contribution in [2.24, 2.45) is 0 Å². The molecular weight excluding hydrogens is 354 g/mol. The fraction of sp³-hybridized carbons (Fsp3) is 0.182. The molecule has 2 N–H and O–H groups in total. The summed E-state index contributed by atoms with van der Waals surface area (Å²) in [5, 5.41) is 6.50. The number of methoxy groups -OCH3 is 1. The number of anilines is 1. The van der Waals surface area contributed by atoms with Crippen LogP contribution in [0.5, 0.6) is 0 Å². The van der Waals surface area contributed by atoms with E-state index in [1.54, 1.807) is 37.5 Å². The maximum absolute atomic E-state index is 12.8. The molecule has 0 aliphatic carbocycles. The zero-order valence-corrected chi connectivity index (χ0v) is 15.8. The zero-order chi connectivity index (χ0) is 19.9. The van der Waals surface area contributed by atoms with Gasteiger partial charge in [-0.05, 0) is 30.3 Å². The monoisotopic (exact) mass is 377 g/mol. The van der Waals surface area contributed by atoms with E-state index in [1.165, 1.54) is 0 Å². The van der Waals surface area contributed by atoms with Crippen molar-refractivity contribution in [3.05, 3.63) is 78.5 Å². The van der Waals surface area contributed by atoms with E-state index < -0.39 is 0 Å². The standard InChI is InChI=1S/C22H23N3O3/c1-3-12-23-21(26)16-8-10-17(11-9-16)24-22(27)19-15-25(13-14-28-2)20-7-5-4-6-18(19)20/h3-11,15H,1,12-14H2,2H3,(H,23,26)(H,24,27). The average molecular weight is 377 g/mol. The van der Waals surface area contributed by atoms with Crippen LogP contribution in [0.25, 0.3) is 10.9 Å². The van der Waals surface area contributed by atoms with Crippen LogP contribution in [0, 0.1) is 0 Å². The number of rotatable bonds is 8. The molecule has 1 heterocycles. The Bertz CT molecular complexity index is 990. The molecule has 1 aromatic heterocycles. The normalized spacial score (nSPS) is 10.6. The minimum atomic E-state index is -0.198. The lowest BCUT2D eigenvalue weighted by Crippen LogP contribution is -2.23. The van der Waals surface area contributed by atoms with Gasteiger partial charge >= 0.3 is 0 Å². The number of para-hydroxylation sites is 1. The fourth-order valence-corrected chi connectivity index (χ4v) is 2.97. The van der Waals surface area contributed by atoms with Gasteiger partial charge in [-0.2, -0.15) is 0 Å². The van der Waals surface area contributed by atoms with E-state index in [0.29, 0.717) is 36.5 Å². The smallest absolute Gasteiger partial charge is 0.257 e. The fourth-order valence-electron chi connectivity index (χ4n) is 2.97. The van der Waals surface area contributed by atoms with E-state index in [0.717, 1.165) is 10.9 Å². The number of nitrogens with one attached hydrogen (secondary N) is 2. The summed E-state index contributed by atoms with van der Waals surface area (Å²) in [6.07, 6.45) is 3.46. The lowest BCUT2D eigenvalue weighted by Gasteiger charge is -2.06. The van der Waals surface area contributed by atoms with E-state index in [-0.39, 0.29) is 11.8 Å². The molecule has 2 amide bonds. The van der Waals surface area contributed by atoms with Gasteiger partial charge < -0.3 is 19.9 Å². The maximum Gasteiger partial charge on any atom is 0.257 e. The third-order valence-corrected chi connectivity index (χ3v) is 4.38. The van der Waals surface area contributed by atoms with Crippen molar-refractivity contribution in [2.75, 3.05) is 25.6 Å². The van der Waals surface area contributed by atoms with Crippen LogP contribution in [0.4, 0.5) is 5.69 Å². The summed E-state index contributed by atoms with van der Waals surface area (Å²) in [4.78, 5) is 24.8. The van der Waals surface area contributed by atoms with Gasteiger partial charge in [0.05, 0.1) is 12.2 Å². The van der Waals surface area contributed by atoms with Gasteiger partial charge in [-0.15, -0.1) is 6.58 Å². The molecule has 6 heteroatoms. The van der Waals surface area contributed by atoms with Crippen molar-refractivity contribution < 1.29 is 14.3 Å². The van der Waals surface area contributed by atoms with Crippen LogP contribution in [-0.2, 0) is 11.3 Å². The molecule has 0 unspecified atom stereocenters. The molecule has 3 aromatic rings. The zero-order valence-electron chi connectivity index (χ0n) is 15.8. The van der Waals surface area contributed by atoms with Crippen molar-refractivity contribution in [3.8, 4) is 0 Å². The Hall–Kier alpha value is -3.38. The molecule has 2 aromatic carbocycles. The molecule has 3 rings (SSSR count). The van der Waals surface area contributed by atoms with Gasteiger partial charge in [0.15, 0.2) is 0 Å². The van der Waals surface area contributed by atoms with Gasteiger partial charge in [0.2, 0.25) is 0 Å². The van der Waals surface area contributed by atoms with Crippen molar-refractivity contribution >= 4 is 28.4 Å². The molecule has 0 fully saturated rings. The highest BCUT2D eigenvalue weighted by atomic mass is 16.5. The highest BCUT2D eigenvalue weighted by Crippen LogP contribution is 2.22. The first-order valence-corrected chi connectivity index (χ1v) is 9.01. The van der Waals surface area contributed by atoms with Crippen LogP contribution >= 0.6 is 0 Å². The van der Waals surface area contributed by atoms with Gasteiger partial charge in [-0.3, -0.25) is 9.59 Å². The molecular formula is C22H23N3O3. The van der Waals surface area contributed by atoms with Gasteiger partial charge in [-0.1, -0.05) is 24.3 Å². The maximum atomic E-state index is 12.8. The van der Waals surface area contributed by atoms with Gasteiger partial charge in [-0.25, -0.2) is 0 Å². The van der Waals surface area contributed by atoms with E-state index in [2.05, 4.69) is 17.2 Å². The van der Waals surface area contributed by atoms with Crippen LogP contribution in [0.15, 0.2) is 67.4 Å². The van der Waals surface area contributed by atoms with Crippen molar-refractivity contribution in [3.63, 3.8) is 0 Å². The predicted molar refractivity (Wildman–Crippen MR) is 111 cm³/mol. The lowest BCUT2D eigenvalue weighted by molar-refractivity contribution is 0.0957. The van der Waals surface area contributed by atoms with E-state index in [1.807, 2.05) is 35.0 Å². The second-order valence-electron chi connectivity index (χ2n) is 6.28. The second-order valence-corrected chi connectivity index (χ2v) is 6.28. The summed E-state index contributed by atoms with van der Waals surface area (Å²) < 4.78 is 7.17. The molecule has 0 radical (unpaired) electrons. The minimum Gasteiger partial charge on any atom is -0.383 e. The van der Waals surface area contributed by atoms with Crippen LogP contribution in [0.2, 0.25) is 0 Å². The van der Waals surface area contributed by atoms with E-state index >= 15 is 0 Å². The highest BCUT2D eigenvalue weighted by Gasteiger charge is 2.15. The molecule has 0 bridgehead atoms. The third kappa shape index (κ3) is 4.29. The summed E-state index contributed by atoms with van der Waals surface area (Å²) in [5.41, 5.74) is 2.73. The SMILES string of the molecule is C=CCNC(=O)c1ccc(NC(=O)c2cn(CCOC)c3ccccc23)cc1. The summed E-state index contributed by atoms with van der Waals surface area (Å²) in [5.74, 6) is -0.379. The molecule has 0 spiro atoms. The number of benzene rings is 2. The largest absolute Gasteiger partial charge is 0.383 e. The van der Waals surface area contributed by atoms with E-state index in [9.17, 15) is 9.59 Å². The average Bonchev–Trinajstić information content (AvgIpc) is 3.10. The topological polar surface area (TPSA) is 72.4 Å². The van der Waals surface area contributed by atoms with E-state index in [4.69, 9.17) is 4.74 Å². The number of hydrogen-bond donors (Lipinski definition) is 2. The van der Waals surface area contributed by atoms with Crippen molar-refractivity contribution in [1.82, 2.24) is 9.88 Å². The number of nitrogens with zero attached hydrogens (tertiary/aromatic N) is 1. The number of ether oxygens (including phenoxy) is 1. The third-order valence-electron chi connectivity index (χ3n) is 4.38. The molecule has 0 atom stereocenters. The van der Waals surface area contributed by atoms with Crippen LogP contribution < -0.4 is 10.6 Å². The number of fused-ring (bicyclic) bond motifs is 1. The van der Waals surface area contributed by atoms with Gasteiger partial charge in [0.1, 0.15) is 0 Å². The van der Waals surface area contributed by atoms with Crippen LogP contribution in [-0.4, -0.2) is 36.6 Å². The predicted octanol–water partition coefficient (Wildman–Crippen LogP) is 3.46. The molecule has 6 nitrogen and oxygen atoms in total. The Balaban J connectivity index is 1.78. The van der Waals surface area contributed by atoms with Crippen LogP contribution in [0.1, 0.15) is 20.7 Å². The molecule has 0 saturated heterocycles. The first kappa shape index (κ1) is 19.4. The first-order chi connectivity index (χ1) is 13.6. The number of carbonyl (C=O) groups is 2. The molecule has 0 aliphatic heterocycles. The number of aromatic nitrogens is 1. The Labute approximate surface area is 163 Å². The van der Waals surface area contributed by atoms with Gasteiger partial charge in [0.25, 0.3) is 11.8 Å². The molecule has 0 aliphatic rings. The summed E-state index contributed by atoms with van der Waals surface area (Å²) >= 11 is 0.